The summed E-state index contributed by atoms with van der Waals surface area (Å²) in [6.07, 6.45) is 0. The third-order valence-electron chi connectivity index (χ3n) is 5.11. The lowest BCUT2D eigenvalue weighted by Crippen LogP contribution is -2.53. The van der Waals surface area contributed by atoms with Crippen LogP contribution in [0.1, 0.15) is 20.7 Å². The van der Waals surface area contributed by atoms with Crippen LogP contribution in [0.5, 0.6) is 0 Å². The molecule has 28 heavy (non-hydrogen) atoms. The summed E-state index contributed by atoms with van der Waals surface area (Å²) in [5, 5.41) is 6.70. The van der Waals surface area contributed by atoms with E-state index in [2.05, 4.69) is 37.6 Å². The molecule has 2 amide bonds. The van der Waals surface area contributed by atoms with Crippen LogP contribution in [0.2, 0.25) is 0 Å². The molecule has 1 N–H and O–H groups in total. The van der Waals surface area contributed by atoms with E-state index in [1.165, 1.54) is 9.90 Å². The fourth-order valence-corrected chi connectivity index (χ4v) is 4.43. The normalized spacial score (nSPS) is 17.3. The first-order valence-corrected chi connectivity index (χ1v) is 10.3. The number of piperazine rings is 1. The Hall–Kier alpha value is -2.87. The second-order valence-corrected chi connectivity index (χ2v) is 7.63. The van der Waals surface area contributed by atoms with E-state index in [0.717, 1.165) is 32.1 Å². The number of amides is 2. The Balaban J connectivity index is 1.29. The molecule has 0 aliphatic carbocycles. The molecule has 1 aromatic heterocycles. The number of carbonyl (C=O) groups is 2. The number of guanidine groups is 1. The maximum atomic E-state index is 12.4. The topological polar surface area (TPSA) is 68.2 Å². The number of thiophene rings is 1. The van der Waals surface area contributed by atoms with Crippen molar-refractivity contribution in [2.45, 2.75) is 0 Å². The molecule has 8 heteroatoms. The van der Waals surface area contributed by atoms with E-state index in [1.54, 1.807) is 42.6 Å². The first-order valence-electron chi connectivity index (χ1n) is 9.38. The summed E-state index contributed by atoms with van der Waals surface area (Å²) in [5.74, 6) is 0.367. The zero-order valence-electron chi connectivity index (χ0n) is 15.8. The molecule has 0 unspecified atom stereocenters. The molecule has 3 heterocycles. The average molecular weight is 398 g/mol. The first kappa shape index (κ1) is 18.5. The molecule has 1 aromatic carbocycles. The number of nitrogens with zero attached hydrogens (tertiary/aromatic N) is 4. The monoisotopic (exact) mass is 397 g/mol. The predicted molar refractivity (Wildman–Crippen MR) is 111 cm³/mol. The van der Waals surface area contributed by atoms with Gasteiger partial charge in [0.15, 0.2) is 5.96 Å². The van der Waals surface area contributed by atoms with Gasteiger partial charge >= 0.3 is 0 Å². The lowest BCUT2D eigenvalue weighted by atomic mass is 10.1. The third kappa shape index (κ3) is 3.47. The van der Waals surface area contributed by atoms with E-state index >= 15 is 0 Å². The van der Waals surface area contributed by atoms with Crippen molar-refractivity contribution in [3.63, 3.8) is 0 Å². The van der Waals surface area contributed by atoms with Gasteiger partial charge in [-0.1, -0.05) is 12.1 Å². The zero-order chi connectivity index (χ0) is 19.5. The second kappa shape index (κ2) is 8.02. The minimum atomic E-state index is -0.220. The highest BCUT2D eigenvalue weighted by molar-refractivity contribution is 7.14. The van der Waals surface area contributed by atoms with Gasteiger partial charge in [0.25, 0.3) is 11.8 Å². The molecule has 2 aliphatic heterocycles. The van der Waals surface area contributed by atoms with Crippen LogP contribution in [-0.4, -0.2) is 73.9 Å². The van der Waals surface area contributed by atoms with Gasteiger partial charge in [-0.25, -0.2) is 0 Å². The van der Waals surface area contributed by atoms with Crippen molar-refractivity contribution < 1.29 is 9.59 Å². The molecule has 4 rings (SSSR count). The molecule has 0 bridgehead atoms. The number of benzene rings is 1. The quantitative estimate of drug-likeness (QED) is 0.484. The molecule has 1 fully saturated rings. The van der Waals surface area contributed by atoms with E-state index in [0.29, 0.717) is 24.2 Å². The van der Waals surface area contributed by atoms with Crippen molar-refractivity contribution in [3.05, 3.63) is 52.9 Å². The van der Waals surface area contributed by atoms with Crippen LogP contribution in [0.15, 0.2) is 46.8 Å². The number of hydrogen-bond donors (Lipinski definition) is 1. The van der Waals surface area contributed by atoms with E-state index in [-0.39, 0.29) is 11.8 Å². The minimum Gasteiger partial charge on any atom is -0.360 e. The van der Waals surface area contributed by atoms with E-state index in [9.17, 15) is 9.59 Å². The van der Waals surface area contributed by atoms with Gasteiger partial charge in [-0.05, 0) is 29.6 Å². The van der Waals surface area contributed by atoms with Gasteiger partial charge in [-0.2, -0.15) is 0 Å². The Morgan fingerprint density at radius 2 is 1.71 bits per heavy atom. The smallest absolute Gasteiger partial charge is 0.261 e. The fraction of sp³-hybridized carbons (Fsp3) is 0.350. The number of anilines is 1. The van der Waals surface area contributed by atoms with Crippen LogP contribution in [0.4, 0.5) is 5.00 Å². The Morgan fingerprint density at radius 3 is 2.29 bits per heavy atom. The Bertz CT molecular complexity index is 853. The van der Waals surface area contributed by atoms with Crippen LogP contribution in [0.25, 0.3) is 0 Å². The van der Waals surface area contributed by atoms with Crippen molar-refractivity contribution in [2.24, 2.45) is 4.99 Å². The largest absolute Gasteiger partial charge is 0.360 e. The summed E-state index contributed by atoms with van der Waals surface area (Å²) in [6, 6.07) is 11.2. The maximum absolute atomic E-state index is 12.4. The van der Waals surface area contributed by atoms with Crippen molar-refractivity contribution in [3.8, 4) is 0 Å². The molecule has 0 atom stereocenters. The van der Waals surface area contributed by atoms with Gasteiger partial charge < -0.3 is 15.1 Å². The van der Waals surface area contributed by atoms with Crippen LogP contribution in [0.3, 0.4) is 0 Å². The molecule has 2 aliphatic rings. The summed E-state index contributed by atoms with van der Waals surface area (Å²) in [4.78, 5) is 35.1. The number of nitrogens with one attached hydrogen (secondary N) is 1. The van der Waals surface area contributed by atoms with Crippen LogP contribution < -0.4 is 10.2 Å². The molecule has 2 aromatic rings. The van der Waals surface area contributed by atoms with Crippen molar-refractivity contribution in [1.29, 1.82) is 0 Å². The van der Waals surface area contributed by atoms with Gasteiger partial charge in [0.2, 0.25) is 0 Å². The van der Waals surface area contributed by atoms with Gasteiger partial charge in [0.1, 0.15) is 0 Å². The highest BCUT2D eigenvalue weighted by Gasteiger charge is 2.34. The molecular weight excluding hydrogens is 374 g/mol. The van der Waals surface area contributed by atoms with Crippen molar-refractivity contribution in [1.82, 2.24) is 15.1 Å². The Kier molecular flexibility index (Phi) is 5.29. The minimum absolute atomic E-state index is 0.220. The molecule has 7 nitrogen and oxygen atoms in total. The molecule has 146 valence electrons. The molecule has 0 radical (unpaired) electrons. The first-order chi connectivity index (χ1) is 13.7. The van der Waals surface area contributed by atoms with Crippen LogP contribution >= 0.6 is 11.3 Å². The highest BCUT2D eigenvalue weighted by Crippen LogP contribution is 2.23. The summed E-state index contributed by atoms with van der Waals surface area (Å²) in [5.41, 5.74) is 0.975. The average Bonchev–Trinajstić information content (AvgIpc) is 3.35. The van der Waals surface area contributed by atoms with Gasteiger partial charge in [0, 0.05) is 46.3 Å². The summed E-state index contributed by atoms with van der Waals surface area (Å²) in [7, 11) is 1.76. The summed E-state index contributed by atoms with van der Waals surface area (Å²) >= 11 is 1.76. The van der Waals surface area contributed by atoms with Crippen LogP contribution in [-0.2, 0) is 0 Å². The molecule has 1 saturated heterocycles. The van der Waals surface area contributed by atoms with E-state index in [4.69, 9.17) is 0 Å². The van der Waals surface area contributed by atoms with Gasteiger partial charge in [0.05, 0.1) is 16.1 Å². The van der Waals surface area contributed by atoms with Crippen LogP contribution in [0, 0.1) is 0 Å². The maximum Gasteiger partial charge on any atom is 0.261 e. The predicted octanol–water partition coefficient (Wildman–Crippen LogP) is 1.74. The Labute approximate surface area is 168 Å². The molecule has 0 spiro atoms. The van der Waals surface area contributed by atoms with E-state index in [1.807, 2.05) is 0 Å². The number of fused-ring (bicyclic) bond motifs is 1. The summed E-state index contributed by atoms with van der Waals surface area (Å²) in [6.45, 7) is 4.44. The SMILES string of the molecule is CN=C(NCCN1C(=O)c2ccccc2C1=O)N1CCN(c2cccs2)CC1. The number of carbonyl (C=O) groups excluding carboxylic acids is 2. The van der Waals surface area contributed by atoms with Crippen molar-refractivity contribution >= 4 is 34.1 Å². The van der Waals surface area contributed by atoms with Gasteiger partial charge in [-0.3, -0.25) is 19.5 Å². The molecule has 0 saturated carbocycles. The number of aliphatic imine (C=N–C) groups is 1. The molecular formula is C20H23N5O2S. The number of imide groups is 1. The highest BCUT2D eigenvalue weighted by atomic mass is 32.1. The summed E-state index contributed by atoms with van der Waals surface area (Å²) < 4.78 is 0. The fourth-order valence-electron chi connectivity index (χ4n) is 3.64. The third-order valence-corrected chi connectivity index (χ3v) is 6.03. The second-order valence-electron chi connectivity index (χ2n) is 6.71. The Morgan fingerprint density at radius 1 is 1.04 bits per heavy atom. The lowest BCUT2D eigenvalue weighted by Gasteiger charge is -2.37. The number of hydrogen-bond acceptors (Lipinski definition) is 5. The van der Waals surface area contributed by atoms with E-state index < -0.39 is 0 Å². The number of rotatable bonds is 4. The van der Waals surface area contributed by atoms with Gasteiger partial charge in [-0.15, -0.1) is 11.3 Å². The lowest BCUT2D eigenvalue weighted by molar-refractivity contribution is 0.0657. The van der Waals surface area contributed by atoms with Crippen molar-refractivity contribution in [2.75, 3.05) is 51.2 Å². The standard InChI is InChI=1S/C20H23N5O2S/c1-21-20(24-12-10-23(11-13-24)17-7-4-14-28-17)22-8-9-25-18(26)15-5-2-3-6-16(15)19(25)27/h2-7,14H,8-13H2,1H3,(H,21,22). The zero-order valence-corrected chi connectivity index (χ0v) is 16.6.